The number of aliphatic hydroxyl groups excluding tert-OH is 1. The van der Waals surface area contributed by atoms with Crippen molar-refractivity contribution in [2.45, 2.75) is 12.8 Å². The third-order valence-electron chi connectivity index (χ3n) is 5.82. The fourth-order valence-corrected chi connectivity index (χ4v) is 4.02. The van der Waals surface area contributed by atoms with Crippen LogP contribution >= 0.6 is 0 Å². The maximum absolute atomic E-state index is 13.7. The molecule has 1 aromatic carbocycles. The summed E-state index contributed by atoms with van der Waals surface area (Å²) in [5, 5.41) is 9.74. The summed E-state index contributed by atoms with van der Waals surface area (Å²) in [5.41, 5.74) is 0.591. The van der Waals surface area contributed by atoms with Gasteiger partial charge in [0.2, 0.25) is 5.91 Å². The van der Waals surface area contributed by atoms with Gasteiger partial charge in [-0.3, -0.25) is 4.79 Å². The lowest BCUT2D eigenvalue weighted by Crippen LogP contribution is -2.47. The SMILES string of the molecule is CN1CCN(CC2CN(C(=O)CCc3ccccc3F)CC2CO)CC1. The summed E-state index contributed by atoms with van der Waals surface area (Å²) in [6.45, 7) is 6.62. The first-order chi connectivity index (χ1) is 12.6. The van der Waals surface area contributed by atoms with E-state index in [0.717, 1.165) is 32.7 Å². The number of likely N-dealkylation sites (N-methyl/N-ethyl adjacent to an activating group) is 1. The van der Waals surface area contributed by atoms with Crippen molar-refractivity contribution >= 4 is 5.91 Å². The summed E-state index contributed by atoms with van der Waals surface area (Å²) >= 11 is 0. The number of hydrogen-bond acceptors (Lipinski definition) is 4. The number of aryl methyl sites for hydroxylation is 1. The minimum absolute atomic E-state index is 0.0626. The van der Waals surface area contributed by atoms with E-state index in [1.807, 2.05) is 4.90 Å². The Bertz CT molecular complexity index is 604. The van der Waals surface area contributed by atoms with Gasteiger partial charge in [0.25, 0.3) is 0 Å². The zero-order chi connectivity index (χ0) is 18.5. The fourth-order valence-electron chi connectivity index (χ4n) is 4.02. The minimum Gasteiger partial charge on any atom is -0.396 e. The zero-order valence-electron chi connectivity index (χ0n) is 15.6. The highest BCUT2D eigenvalue weighted by molar-refractivity contribution is 5.76. The molecule has 2 aliphatic rings. The van der Waals surface area contributed by atoms with Crippen molar-refractivity contribution in [3.8, 4) is 0 Å². The number of halogens is 1. The van der Waals surface area contributed by atoms with E-state index in [1.165, 1.54) is 6.07 Å². The van der Waals surface area contributed by atoms with Crippen LogP contribution in [0, 0.1) is 17.7 Å². The van der Waals surface area contributed by atoms with Crippen LogP contribution in [0.25, 0.3) is 0 Å². The normalized spacial score (nSPS) is 25.0. The Morgan fingerprint density at radius 3 is 2.54 bits per heavy atom. The molecular formula is C20H30FN3O2. The topological polar surface area (TPSA) is 47.0 Å². The van der Waals surface area contributed by atoms with E-state index >= 15 is 0 Å². The summed E-state index contributed by atoms with van der Waals surface area (Å²) < 4.78 is 13.7. The molecule has 0 bridgehead atoms. The number of nitrogens with zero attached hydrogens (tertiary/aromatic N) is 3. The predicted molar refractivity (Wildman–Crippen MR) is 99.3 cm³/mol. The molecule has 5 nitrogen and oxygen atoms in total. The van der Waals surface area contributed by atoms with Gasteiger partial charge in [0, 0.05) is 64.8 Å². The van der Waals surface area contributed by atoms with E-state index in [-0.39, 0.29) is 24.2 Å². The Labute approximate surface area is 155 Å². The number of piperazine rings is 1. The Hall–Kier alpha value is -1.50. The Morgan fingerprint density at radius 2 is 1.85 bits per heavy atom. The Balaban J connectivity index is 1.51. The highest BCUT2D eigenvalue weighted by Gasteiger charge is 2.35. The number of carbonyl (C=O) groups is 1. The van der Waals surface area contributed by atoms with Crippen LogP contribution in [0.15, 0.2) is 24.3 Å². The van der Waals surface area contributed by atoms with E-state index in [2.05, 4.69) is 16.8 Å². The largest absolute Gasteiger partial charge is 0.396 e. The number of likely N-dealkylation sites (tertiary alicyclic amines) is 1. The van der Waals surface area contributed by atoms with Crippen LogP contribution in [0.5, 0.6) is 0 Å². The lowest BCUT2D eigenvalue weighted by Gasteiger charge is -2.34. The number of benzene rings is 1. The average Bonchev–Trinajstić information content (AvgIpc) is 3.05. The summed E-state index contributed by atoms with van der Waals surface area (Å²) in [6.07, 6.45) is 0.745. The molecule has 2 fully saturated rings. The third-order valence-corrected chi connectivity index (χ3v) is 5.82. The molecule has 6 heteroatoms. The first-order valence-corrected chi connectivity index (χ1v) is 9.59. The Kier molecular flexibility index (Phi) is 6.62. The summed E-state index contributed by atoms with van der Waals surface area (Å²) in [5.74, 6) is 0.281. The molecule has 2 aliphatic heterocycles. The lowest BCUT2D eigenvalue weighted by molar-refractivity contribution is -0.130. The van der Waals surface area contributed by atoms with E-state index in [1.54, 1.807) is 18.2 Å². The number of amides is 1. The van der Waals surface area contributed by atoms with Gasteiger partial charge in [0.05, 0.1) is 0 Å². The molecule has 0 radical (unpaired) electrons. The highest BCUT2D eigenvalue weighted by Crippen LogP contribution is 2.25. The molecule has 144 valence electrons. The number of hydrogen-bond donors (Lipinski definition) is 1. The predicted octanol–water partition coefficient (Wildman–Crippen LogP) is 1.07. The van der Waals surface area contributed by atoms with Crippen molar-refractivity contribution in [3.63, 3.8) is 0 Å². The van der Waals surface area contributed by atoms with E-state index in [4.69, 9.17) is 0 Å². The van der Waals surface area contributed by atoms with Crippen LogP contribution < -0.4 is 0 Å². The molecule has 2 unspecified atom stereocenters. The molecule has 0 spiro atoms. The molecule has 1 N–H and O–H groups in total. The first-order valence-electron chi connectivity index (χ1n) is 9.59. The fraction of sp³-hybridized carbons (Fsp3) is 0.650. The van der Waals surface area contributed by atoms with Gasteiger partial charge in [0.1, 0.15) is 5.82 Å². The molecule has 0 aromatic heterocycles. The van der Waals surface area contributed by atoms with Crippen LogP contribution in [0.1, 0.15) is 12.0 Å². The van der Waals surface area contributed by atoms with Crippen molar-refractivity contribution in [1.82, 2.24) is 14.7 Å². The van der Waals surface area contributed by atoms with Crippen molar-refractivity contribution in [2.75, 3.05) is 59.5 Å². The molecule has 3 rings (SSSR count). The maximum Gasteiger partial charge on any atom is 0.222 e. The third kappa shape index (κ3) is 4.81. The number of aliphatic hydroxyl groups is 1. The highest BCUT2D eigenvalue weighted by atomic mass is 19.1. The van der Waals surface area contributed by atoms with Crippen LogP contribution in [-0.4, -0.2) is 85.2 Å². The molecule has 0 saturated carbocycles. The second kappa shape index (κ2) is 8.93. The Morgan fingerprint density at radius 1 is 1.15 bits per heavy atom. The van der Waals surface area contributed by atoms with E-state index in [0.29, 0.717) is 37.4 Å². The number of carbonyl (C=O) groups excluding carboxylic acids is 1. The van der Waals surface area contributed by atoms with Crippen molar-refractivity contribution < 1.29 is 14.3 Å². The summed E-state index contributed by atoms with van der Waals surface area (Å²) in [7, 11) is 2.14. The quantitative estimate of drug-likeness (QED) is 0.821. The van der Waals surface area contributed by atoms with Gasteiger partial charge in [-0.25, -0.2) is 4.39 Å². The van der Waals surface area contributed by atoms with E-state index < -0.39 is 0 Å². The van der Waals surface area contributed by atoms with Crippen molar-refractivity contribution in [2.24, 2.45) is 11.8 Å². The second-order valence-corrected chi connectivity index (χ2v) is 7.70. The van der Waals surface area contributed by atoms with Crippen LogP contribution in [0.2, 0.25) is 0 Å². The molecule has 2 heterocycles. The lowest BCUT2D eigenvalue weighted by atomic mass is 9.96. The average molecular weight is 363 g/mol. The monoisotopic (exact) mass is 363 g/mol. The van der Waals surface area contributed by atoms with Gasteiger partial charge in [-0.2, -0.15) is 0 Å². The molecule has 2 saturated heterocycles. The van der Waals surface area contributed by atoms with Gasteiger partial charge in [-0.15, -0.1) is 0 Å². The first kappa shape index (κ1) is 19.3. The van der Waals surface area contributed by atoms with Gasteiger partial charge >= 0.3 is 0 Å². The van der Waals surface area contributed by atoms with E-state index in [9.17, 15) is 14.3 Å². The molecule has 26 heavy (non-hydrogen) atoms. The molecular weight excluding hydrogens is 333 g/mol. The minimum atomic E-state index is -0.247. The van der Waals surface area contributed by atoms with Gasteiger partial charge in [-0.05, 0) is 31.0 Å². The summed E-state index contributed by atoms with van der Waals surface area (Å²) in [4.78, 5) is 19.2. The number of rotatable bonds is 6. The van der Waals surface area contributed by atoms with Crippen molar-refractivity contribution in [1.29, 1.82) is 0 Å². The van der Waals surface area contributed by atoms with Gasteiger partial charge < -0.3 is 19.8 Å². The standard InChI is InChI=1S/C20H30FN3O2/c1-22-8-10-23(11-9-22)12-17-13-24(14-18(17)15-25)20(26)7-6-16-4-2-3-5-19(16)21/h2-5,17-18,25H,6-15H2,1H3. The summed E-state index contributed by atoms with van der Waals surface area (Å²) in [6, 6.07) is 6.63. The van der Waals surface area contributed by atoms with Crippen molar-refractivity contribution in [3.05, 3.63) is 35.6 Å². The molecule has 1 amide bonds. The smallest absolute Gasteiger partial charge is 0.222 e. The molecule has 0 aliphatic carbocycles. The van der Waals surface area contributed by atoms with Gasteiger partial charge in [-0.1, -0.05) is 18.2 Å². The van der Waals surface area contributed by atoms with Crippen LogP contribution in [0.4, 0.5) is 4.39 Å². The second-order valence-electron chi connectivity index (χ2n) is 7.70. The van der Waals surface area contributed by atoms with Crippen LogP contribution in [-0.2, 0) is 11.2 Å². The van der Waals surface area contributed by atoms with Gasteiger partial charge in [0.15, 0.2) is 0 Å². The van der Waals surface area contributed by atoms with Crippen LogP contribution in [0.3, 0.4) is 0 Å². The molecule has 2 atom stereocenters. The molecule has 1 aromatic rings. The zero-order valence-corrected chi connectivity index (χ0v) is 15.6. The maximum atomic E-state index is 13.7.